The average Bonchev–Trinajstić information content (AvgIpc) is 2.30. The van der Waals surface area contributed by atoms with Gasteiger partial charge in [-0.2, -0.15) is 0 Å². The molecule has 1 aromatic carbocycles. The fraction of sp³-hybridized carbons (Fsp3) is 0.417. The maximum atomic E-state index is 12.8. The Morgan fingerprint density at radius 1 is 1.35 bits per heavy atom. The van der Waals surface area contributed by atoms with Gasteiger partial charge in [-0.1, -0.05) is 0 Å². The van der Waals surface area contributed by atoms with Crippen LogP contribution in [0.4, 0.5) is 10.1 Å². The summed E-state index contributed by atoms with van der Waals surface area (Å²) in [5.41, 5.74) is 0.643. The summed E-state index contributed by atoms with van der Waals surface area (Å²) in [5.74, 6) is -2.13. The molecule has 0 aliphatic carbocycles. The molecule has 5 heteroatoms. The Labute approximate surface area is 98.3 Å². The summed E-state index contributed by atoms with van der Waals surface area (Å²) in [6, 6.07) is 5.68. The number of benzene rings is 1. The molecular weight excluding hydrogens is 225 g/mol. The van der Waals surface area contributed by atoms with E-state index in [1.165, 1.54) is 12.1 Å². The molecule has 1 saturated heterocycles. The molecule has 1 aliphatic heterocycles. The van der Waals surface area contributed by atoms with Gasteiger partial charge in [0.15, 0.2) is 0 Å². The highest BCUT2D eigenvalue weighted by atomic mass is 19.1. The molecule has 2 N–H and O–H groups in total. The van der Waals surface area contributed by atoms with Crippen molar-refractivity contribution in [3.05, 3.63) is 30.1 Å². The van der Waals surface area contributed by atoms with Gasteiger partial charge in [0.1, 0.15) is 18.0 Å². The standard InChI is InChI=1S/C12H14FNO3/c13-8-3-5-9(6-4-8)14-7-1-2-10(11(14)15)12(16)17/h3-6,10-11,15H,1-2,7H2,(H,16,17). The summed E-state index contributed by atoms with van der Waals surface area (Å²) < 4.78 is 12.8. The maximum absolute atomic E-state index is 12.8. The summed E-state index contributed by atoms with van der Waals surface area (Å²) in [5, 5.41) is 18.9. The average molecular weight is 239 g/mol. The van der Waals surface area contributed by atoms with E-state index in [2.05, 4.69) is 0 Å². The van der Waals surface area contributed by atoms with Crippen LogP contribution in [0.1, 0.15) is 12.8 Å². The monoisotopic (exact) mass is 239 g/mol. The van der Waals surface area contributed by atoms with Crippen LogP contribution in [-0.4, -0.2) is 29.0 Å². The van der Waals surface area contributed by atoms with Crippen molar-refractivity contribution in [2.75, 3.05) is 11.4 Å². The quantitative estimate of drug-likeness (QED) is 0.820. The third-order valence-electron chi connectivity index (χ3n) is 3.07. The molecular formula is C12H14FNO3. The number of aliphatic carboxylic acids is 1. The van der Waals surface area contributed by atoms with Crippen LogP contribution in [0.25, 0.3) is 0 Å². The molecule has 0 spiro atoms. The third-order valence-corrected chi connectivity index (χ3v) is 3.07. The largest absolute Gasteiger partial charge is 0.481 e. The second-order valence-electron chi connectivity index (χ2n) is 4.17. The van der Waals surface area contributed by atoms with E-state index in [0.717, 1.165) is 0 Å². The first-order chi connectivity index (χ1) is 8.09. The van der Waals surface area contributed by atoms with Crippen molar-refractivity contribution in [3.63, 3.8) is 0 Å². The number of hydrogen-bond donors (Lipinski definition) is 2. The zero-order valence-corrected chi connectivity index (χ0v) is 9.21. The first-order valence-corrected chi connectivity index (χ1v) is 5.52. The molecule has 0 amide bonds. The van der Waals surface area contributed by atoms with Crippen LogP contribution in [0.3, 0.4) is 0 Å². The molecule has 1 aliphatic rings. The molecule has 17 heavy (non-hydrogen) atoms. The highest BCUT2D eigenvalue weighted by molar-refractivity contribution is 5.71. The van der Waals surface area contributed by atoms with Crippen molar-refractivity contribution in [1.29, 1.82) is 0 Å². The summed E-state index contributed by atoms with van der Waals surface area (Å²) >= 11 is 0. The lowest BCUT2D eigenvalue weighted by atomic mass is 9.95. The predicted octanol–water partition coefficient (Wildman–Crippen LogP) is 1.45. The molecule has 92 valence electrons. The van der Waals surface area contributed by atoms with E-state index in [-0.39, 0.29) is 5.82 Å². The second kappa shape index (κ2) is 4.71. The molecule has 0 aromatic heterocycles. The van der Waals surface area contributed by atoms with Crippen LogP contribution in [0.5, 0.6) is 0 Å². The minimum atomic E-state index is -1.05. The topological polar surface area (TPSA) is 60.8 Å². The Morgan fingerprint density at radius 2 is 2.00 bits per heavy atom. The number of anilines is 1. The van der Waals surface area contributed by atoms with Crippen LogP contribution in [0.2, 0.25) is 0 Å². The number of carboxylic acid groups (broad SMARTS) is 1. The summed E-state index contributed by atoms with van der Waals surface area (Å²) in [7, 11) is 0. The zero-order valence-electron chi connectivity index (χ0n) is 9.21. The van der Waals surface area contributed by atoms with Gasteiger partial charge >= 0.3 is 5.97 Å². The van der Waals surface area contributed by atoms with Gasteiger partial charge in [-0.15, -0.1) is 0 Å². The first-order valence-electron chi connectivity index (χ1n) is 5.52. The van der Waals surface area contributed by atoms with Crippen molar-refractivity contribution in [2.24, 2.45) is 5.92 Å². The minimum Gasteiger partial charge on any atom is -0.481 e. The van der Waals surface area contributed by atoms with Crippen molar-refractivity contribution >= 4 is 11.7 Å². The van der Waals surface area contributed by atoms with Crippen LogP contribution >= 0.6 is 0 Å². The molecule has 4 nitrogen and oxygen atoms in total. The molecule has 1 aromatic rings. The van der Waals surface area contributed by atoms with Crippen molar-refractivity contribution in [3.8, 4) is 0 Å². The SMILES string of the molecule is O=C(O)C1CCCN(c2ccc(F)cc2)C1O. The number of halogens is 1. The molecule has 0 saturated carbocycles. The lowest BCUT2D eigenvalue weighted by molar-refractivity contribution is -0.146. The Bertz CT molecular complexity index is 407. The second-order valence-corrected chi connectivity index (χ2v) is 4.17. The molecule has 1 fully saturated rings. The van der Waals surface area contributed by atoms with Crippen LogP contribution in [0, 0.1) is 11.7 Å². The van der Waals surface area contributed by atoms with Crippen molar-refractivity contribution < 1.29 is 19.4 Å². The van der Waals surface area contributed by atoms with Gasteiger partial charge in [0.05, 0.1) is 0 Å². The zero-order chi connectivity index (χ0) is 12.4. The lowest BCUT2D eigenvalue weighted by Gasteiger charge is -2.37. The van der Waals surface area contributed by atoms with E-state index in [1.807, 2.05) is 0 Å². The van der Waals surface area contributed by atoms with E-state index in [9.17, 15) is 14.3 Å². The number of hydrogen-bond acceptors (Lipinski definition) is 3. The number of nitrogens with zero attached hydrogens (tertiary/aromatic N) is 1. The van der Waals surface area contributed by atoms with Crippen LogP contribution in [0.15, 0.2) is 24.3 Å². The third kappa shape index (κ3) is 2.39. The smallest absolute Gasteiger partial charge is 0.311 e. The maximum Gasteiger partial charge on any atom is 0.311 e. The Kier molecular flexibility index (Phi) is 3.28. The fourth-order valence-corrected chi connectivity index (χ4v) is 2.15. The first kappa shape index (κ1) is 11.9. The number of aliphatic hydroxyl groups excluding tert-OH is 1. The molecule has 2 unspecified atom stereocenters. The van der Waals surface area contributed by atoms with Crippen molar-refractivity contribution in [1.82, 2.24) is 0 Å². The Morgan fingerprint density at radius 3 is 2.59 bits per heavy atom. The number of piperidine rings is 1. The predicted molar refractivity (Wildman–Crippen MR) is 60.1 cm³/mol. The number of aliphatic hydroxyl groups is 1. The molecule has 2 rings (SSSR count). The van der Waals surface area contributed by atoms with Gasteiger partial charge in [0.2, 0.25) is 0 Å². The van der Waals surface area contributed by atoms with E-state index < -0.39 is 18.1 Å². The number of carbonyl (C=O) groups is 1. The normalized spacial score (nSPS) is 24.7. The van der Waals surface area contributed by atoms with Gasteiger partial charge in [0.25, 0.3) is 0 Å². The molecule has 0 radical (unpaired) electrons. The van der Waals surface area contributed by atoms with Crippen molar-refractivity contribution in [2.45, 2.75) is 19.1 Å². The Balaban J connectivity index is 2.20. The number of carboxylic acids is 1. The van der Waals surface area contributed by atoms with E-state index in [0.29, 0.717) is 25.1 Å². The van der Waals surface area contributed by atoms with Crippen LogP contribution in [-0.2, 0) is 4.79 Å². The highest BCUT2D eigenvalue weighted by Crippen LogP contribution is 2.27. The molecule has 1 heterocycles. The highest BCUT2D eigenvalue weighted by Gasteiger charge is 2.34. The van der Waals surface area contributed by atoms with Gasteiger partial charge in [-0.05, 0) is 37.1 Å². The van der Waals surface area contributed by atoms with Gasteiger partial charge in [-0.25, -0.2) is 4.39 Å². The lowest BCUT2D eigenvalue weighted by Crippen LogP contribution is -2.48. The van der Waals surface area contributed by atoms with E-state index >= 15 is 0 Å². The summed E-state index contributed by atoms with van der Waals surface area (Å²) in [6.45, 7) is 0.580. The Hall–Kier alpha value is -1.62. The van der Waals surface area contributed by atoms with Crippen LogP contribution < -0.4 is 4.90 Å². The van der Waals surface area contributed by atoms with Gasteiger partial charge < -0.3 is 15.1 Å². The van der Waals surface area contributed by atoms with E-state index in [4.69, 9.17) is 5.11 Å². The summed E-state index contributed by atoms with van der Waals surface area (Å²) in [6.07, 6.45) is 0.117. The molecule has 0 bridgehead atoms. The number of rotatable bonds is 2. The minimum absolute atomic E-state index is 0.352. The van der Waals surface area contributed by atoms with E-state index in [1.54, 1.807) is 17.0 Å². The summed E-state index contributed by atoms with van der Waals surface area (Å²) in [4.78, 5) is 12.5. The fourth-order valence-electron chi connectivity index (χ4n) is 2.15. The molecule has 2 atom stereocenters. The van der Waals surface area contributed by atoms with Gasteiger partial charge in [-0.3, -0.25) is 4.79 Å². The van der Waals surface area contributed by atoms with Gasteiger partial charge in [0, 0.05) is 12.2 Å².